The minimum Gasteiger partial charge on any atom is -0.495 e. The number of amides is 2. The maximum Gasteiger partial charge on any atom is 0.280 e. The molecular formula is C29H28BrN3O5. The SMILES string of the molecule is CCOc1cc(C=C2C(=O)N(c3ccc(C)cc3)N=C2C)cc(Br)c1OCC(=O)Nc1ccccc1OC. The van der Waals surface area contributed by atoms with E-state index in [0.717, 1.165) is 11.1 Å². The van der Waals surface area contributed by atoms with Crippen LogP contribution in [0.1, 0.15) is 25.0 Å². The molecule has 3 aromatic rings. The van der Waals surface area contributed by atoms with E-state index in [-0.39, 0.29) is 18.4 Å². The molecule has 38 heavy (non-hydrogen) atoms. The number of methoxy groups -OCH3 is 1. The van der Waals surface area contributed by atoms with Gasteiger partial charge in [-0.3, -0.25) is 9.59 Å². The van der Waals surface area contributed by atoms with Crippen LogP contribution in [0.25, 0.3) is 6.08 Å². The fourth-order valence-corrected chi connectivity index (χ4v) is 4.43. The van der Waals surface area contributed by atoms with Gasteiger partial charge < -0.3 is 19.5 Å². The van der Waals surface area contributed by atoms with E-state index < -0.39 is 0 Å². The summed E-state index contributed by atoms with van der Waals surface area (Å²) in [6, 6.07) is 18.3. The van der Waals surface area contributed by atoms with Gasteiger partial charge in [0.05, 0.1) is 40.8 Å². The van der Waals surface area contributed by atoms with E-state index in [0.29, 0.717) is 51.0 Å². The Labute approximate surface area is 230 Å². The number of nitrogens with one attached hydrogen (secondary N) is 1. The third-order valence-corrected chi connectivity index (χ3v) is 6.30. The zero-order valence-corrected chi connectivity index (χ0v) is 23.2. The average Bonchev–Trinajstić information content (AvgIpc) is 3.17. The molecule has 0 unspecified atom stereocenters. The molecule has 0 fully saturated rings. The van der Waals surface area contributed by atoms with Crippen molar-refractivity contribution in [3.63, 3.8) is 0 Å². The summed E-state index contributed by atoms with van der Waals surface area (Å²) in [6.45, 7) is 5.79. The molecule has 2 amide bonds. The van der Waals surface area contributed by atoms with Gasteiger partial charge in [0.15, 0.2) is 18.1 Å². The molecule has 4 rings (SSSR count). The Hall–Kier alpha value is -4.11. The molecule has 0 saturated heterocycles. The molecule has 0 aliphatic carbocycles. The molecule has 196 valence electrons. The predicted molar refractivity (Wildman–Crippen MR) is 152 cm³/mol. The van der Waals surface area contributed by atoms with E-state index in [1.54, 1.807) is 43.3 Å². The lowest BCUT2D eigenvalue weighted by molar-refractivity contribution is -0.118. The maximum atomic E-state index is 13.2. The minimum atomic E-state index is -0.352. The van der Waals surface area contributed by atoms with Crippen LogP contribution in [0, 0.1) is 6.92 Å². The molecule has 0 aromatic heterocycles. The van der Waals surface area contributed by atoms with Gasteiger partial charge in [-0.2, -0.15) is 10.1 Å². The Balaban J connectivity index is 1.53. The van der Waals surface area contributed by atoms with Crippen LogP contribution in [-0.2, 0) is 9.59 Å². The summed E-state index contributed by atoms with van der Waals surface area (Å²) < 4.78 is 17.5. The van der Waals surface area contributed by atoms with Crippen LogP contribution in [-0.4, -0.2) is 37.8 Å². The monoisotopic (exact) mass is 577 g/mol. The number of hydrogen-bond donors (Lipinski definition) is 1. The summed E-state index contributed by atoms with van der Waals surface area (Å²) in [4.78, 5) is 25.7. The first-order chi connectivity index (χ1) is 18.3. The second kappa shape index (κ2) is 12.0. The van der Waals surface area contributed by atoms with E-state index in [1.807, 2.05) is 44.2 Å². The Bertz CT molecular complexity index is 1420. The number of hydrogen-bond acceptors (Lipinski definition) is 6. The molecule has 0 bridgehead atoms. The molecule has 0 atom stereocenters. The zero-order chi connectivity index (χ0) is 27.2. The number of carbonyl (C=O) groups is 2. The van der Waals surface area contributed by atoms with Crippen LogP contribution in [0.15, 0.2) is 75.8 Å². The lowest BCUT2D eigenvalue weighted by Gasteiger charge is -2.15. The largest absolute Gasteiger partial charge is 0.495 e. The number of ether oxygens (including phenoxy) is 3. The van der Waals surface area contributed by atoms with Crippen LogP contribution in [0.3, 0.4) is 0 Å². The minimum absolute atomic E-state index is 0.214. The van der Waals surface area contributed by atoms with Crippen LogP contribution in [0.2, 0.25) is 0 Å². The first kappa shape index (κ1) is 26.9. The van der Waals surface area contributed by atoms with Crippen molar-refractivity contribution in [2.45, 2.75) is 20.8 Å². The van der Waals surface area contributed by atoms with Gasteiger partial charge in [0.2, 0.25) is 0 Å². The van der Waals surface area contributed by atoms with E-state index in [2.05, 4.69) is 26.3 Å². The van der Waals surface area contributed by atoms with E-state index in [1.165, 1.54) is 12.1 Å². The number of hydrazone groups is 1. The standard InChI is InChI=1S/C29H28BrN3O5/c1-5-37-26-16-20(14-22-19(3)32-33(29(22)35)21-12-10-18(2)11-13-21)15-23(30)28(26)38-17-27(34)31-24-8-6-7-9-25(24)36-4/h6-16H,5,17H2,1-4H3,(H,31,34). The molecule has 3 aromatic carbocycles. The predicted octanol–water partition coefficient (Wildman–Crippen LogP) is 5.99. The summed E-state index contributed by atoms with van der Waals surface area (Å²) >= 11 is 3.53. The Morgan fingerprint density at radius 2 is 1.79 bits per heavy atom. The number of rotatable bonds is 9. The second-order valence-corrected chi connectivity index (χ2v) is 9.35. The highest BCUT2D eigenvalue weighted by Gasteiger charge is 2.29. The van der Waals surface area contributed by atoms with Crippen LogP contribution in [0.4, 0.5) is 11.4 Å². The first-order valence-corrected chi connectivity index (χ1v) is 12.8. The molecule has 8 nitrogen and oxygen atoms in total. The normalized spacial score (nSPS) is 13.9. The van der Waals surface area contributed by atoms with Gasteiger partial charge in [-0.25, -0.2) is 0 Å². The van der Waals surface area contributed by atoms with Gasteiger partial charge in [-0.05, 0) is 84.7 Å². The molecule has 9 heteroatoms. The molecular weight excluding hydrogens is 550 g/mol. The van der Waals surface area contributed by atoms with Gasteiger partial charge >= 0.3 is 0 Å². The number of carbonyl (C=O) groups excluding carboxylic acids is 2. The van der Waals surface area contributed by atoms with Gasteiger partial charge in [0.25, 0.3) is 11.8 Å². The van der Waals surface area contributed by atoms with E-state index in [9.17, 15) is 9.59 Å². The highest BCUT2D eigenvalue weighted by Crippen LogP contribution is 2.38. The highest BCUT2D eigenvalue weighted by atomic mass is 79.9. The fraction of sp³-hybridized carbons (Fsp3) is 0.207. The number of para-hydroxylation sites is 2. The molecule has 1 heterocycles. The quantitative estimate of drug-likeness (QED) is 0.315. The molecule has 0 spiro atoms. The van der Waals surface area contributed by atoms with Gasteiger partial charge in [0, 0.05) is 0 Å². The Kier molecular flexibility index (Phi) is 8.48. The summed E-state index contributed by atoms with van der Waals surface area (Å²) in [5.74, 6) is 0.807. The zero-order valence-electron chi connectivity index (χ0n) is 21.6. The van der Waals surface area contributed by atoms with Crippen molar-refractivity contribution in [1.29, 1.82) is 0 Å². The van der Waals surface area contributed by atoms with Gasteiger partial charge in [-0.15, -0.1) is 0 Å². The number of halogens is 1. The van der Waals surface area contributed by atoms with E-state index in [4.69, 9.17) is 14.2 Å². The van der Waals surface area contributed by atoms with Gasteiger partial charge in [0.1, 0.15) is 5.75 Å². The summed E-state index contributed by atoms with van der Waals surface area (Å²) in [5.41, 5.74) is 4.16. The highest BCUT2D eigenvalue weighted by molar-refractivity contribution is 9.10. The smallest absolute Gasteiger partial charge is 0.280 e. The Morgan fingerprint density at radius 3 is 2.50 bits per heavy atom. The average molecular weight is 578 g/mol. The summed E-state index contributed by atoms with van der Waals surface area (Å²) in [7, 11) is 1.54. The molecule has 1 aliphatic heterocycles. The topological polar surface area (TPSA) is 89.5 Å². The lowest BCUT2D eigenvalue weighted by Crippen LogP contribution is -2.21. The molecule has 1 N–H and O–H groups in total. The van der Waals surface area contributed by atoms with Crippen LogP contribution >= 0.6 is 15.9 Å². The summed E-state index contributed by atoms with van der Waals surface area (Å²) in [5, 5.41) is 8.63. The van der Waals surface area contributed by atoms with Crippen molar-refractivity contribution >= 4 is 50.9 Å². The maximum absolute atomic E-state index is 13.2. The fourth-order valence-electron chi connectivity index (χ4n) is 3.86. The van der Waals surface area contributed by atoms with Crippen molar-refractivity contribution in [3.8, 4) is 17.2 Å². The van der Waals surface area contributed by atoms with Crippen molar-refractivity contribution in [3.05, 3.63) is 81.8 Å². The number of benzene rings is 3. The van der Waals surface area contributed by atoms with Crippen molar-refractivity contribution in [1.82, 2.24) is 0 Å². The number of aryl methyl sites for hydroxylation is 1. The van der Waals surface area contributed by atoms with Crippen LogP contribution in [0.5, 0.6) is 17.2 Å². The van der Waals surface area contributed by atoms with E-state index >= 15 is 0 Å². The van der Waals surface area contributed by atoms with Crippen molar-refractivity contribution in [2.75, 3.05) is 30.6 Å². The number of anilines is 2. The third kappa shape index (κ3) is 6.06. The Morgan fingerprint density at radius 1 is 1.05 bits per heavy atom. The van der Waals surface area contributed by atoms with Crippen molar-refractivity contribution < 1.29 is 23.8 Å². The molecule has 0 saturated carbocycles. The van der Waals surface area contributed by atoms with Crippen LogP contribution < -0.4 is 24.5 Å². The number of nitrogens with zero attached hydrogens (tertiary/aromatic N) is 2. The molecule has 0 radical (unpaired) electrons. The second-order valence-electron chi connectivity index (χ2n) is 8.50. The van der Waals surface area contributed by atoms with Crippen molar-refractivity contribution in [2.24, 2.45) is 5.10 Å². The first-order valence-electron chi connectivity index (χ1n) is 12.0. The lowest BCUT2D eigenvalue weighted by atomic mass is 10.1. The third-order valence-electron chi connectivity index (χ3n) is 5.71. The van der Waals surface area contributed by atoms with Gasteiger partial charge in [-0.1, -0.05) is 29.8 Å². The summed E-state index contributed by atoms with van der Waals surface area (Å²) in [6.07, 6.45) is 1.76. The molecule has 1 aliphatic rings.